The second-order valence-electron chi connectivity index (χ2n) is 7.74. The molecular weight excluding hydrogens is 416 g/mol. The Balaban J connectivity index is 1.52. The largest absolute Gasteiger partial charge is 0.490 e. The average Bonchev–Trinajstić information content (AvgIpc) is 3.33. The molecule has 9 heteroatoms. The number of rotatable bonds is 4. The van der Waals surface area contributed by atoms with Crippen LogP contribution in [0.5, 0.6) is 5.75 Å². The molecule has 8 nitrogen and oxygen atoms in total. The Bertz CT molecular complexity index is 1490. The predicted molar refractivity (Wildman–Crippen MR) is 114 cm³/mol. The number of nitrogens with zero attached hydrogens (tertiary/aromatic N) is 4. The molecule has 0 saturated carbocycles. The number of ether oxygens (including phenoxy) is 1. The molecule has 0 bridgehead atoms. The molecule has 0 aliphatic carbocycles. The Morgan fingerprint density at radius 3 is 2.68 bits per heavy atom. The van der Waals surface area contributed by atoms with Gasteiger partial charge in [-0.2, -0.15) is 10.2 Å². The van der Waals surface area contributed by atoms with Crippen LogP contribution in [0.15, 0.2) is 69.4 Å². The van der Waals surface area contributed by atoms with Crippen molar-refractivity contribution in [2.24, 2.45) is 7.05 Å². The molecule has 0 unspecified atom stereocenters. The summed E-state index contributed by atoms with van der Waals surface area (Å²) in [7, 11) is -1.94. The van der Waals surface area contributed by atoms with E-state index in [9.17, 15) is 13.2 Å². The number of benzene rings is 2. The molecule has 158 valence electrons. The zero-order valence-corrected chi connectivity index (χ0v) is 17.8. The van der Waals surface area contributed by atoms with Crippen LogP contribution in [0.2, 0.25) is 0 Å². The van der Waals surface area contributed by atoms with E-state index in [-0.39, 0.29) is 28.0 Å². The number of aromatic nitrogens is 4. The average molecular weight is 436 g/mol. The second kappa shape index (κ2) is 7.05. The topological polar surface area (TPSA) is 96.1 Å². The van der Waals surface area contributed by atoms with Gasteiger partial charge in [-0.15, -0.1) is 0 Å². The number of sulfone groups is 1. The van der Waals surface area contributed by atoms with Crippen LogP contribution < -0.4 is 10.3 Å². The van der Waals surface area contributed by atoms with Crippen molar-refractivity contribution in [3.63, 3.8) is 0 Å². The Kier molecular flexibility index (Phi) is 4.44. The summed E-state index contributed by atoms with van der Waals surface area (Å²) >= 11 is 0. The first-order chi connectivity index (χ1) is 14.8. The van der Waals surface area contributed by atoms with E-state index in [1.54, 1.807) is 42.2 Å². The number of fused-ring (bicyclic) bond motifs is 2. The highest BCUT2D eigenvalue weighted by Gasteiger charge is 2.24. The lowest BCUT2D eigenvalue weighted by atomic mass is 10.1. The van der Waals surface area contributed by atoms with Crippen molar-refractivity contribution in [1.82, 2.24) is 19.6 Å². The highest BCUT2D eigenvalue weighted by atomic mass is 32.2. The molecule has 2 aromatic carbocycles. The first-order valence-corrected chi connectivity index (χ1v) is 11.3. The quantitative estimate of drug-likeness (QED) is 0.487. The van der Waals surface area contributed by atoms with E-state index in [0.29, 0.717) is 22.9 Å². The van der Waals surface area contributed by atoms with Crippen LogP contribution in [0.25, 0.3) is 10.8 Å². The fourth-order valence-electron chi connectivity index (χ4n) is 3.85. The fourth-order valence-corrected chi connectivity index (χ4v) is 5.19. The van der Waals surface area contributed by atoms with Crippen LogP contribution in [0.4, 0.5) is 0 Å². The molecule has 1 atom stereocenters. The van der Waals surface area contributed by atoms with E-state index < -0.39 is 9.84 Å². The number of hydrogen-bond acceptors (Lipinski definition) is 6. The van der Waals surface area contributed by atoms with Gasteiger partial charge in [0.05, 0.1) is 33.6 Å². The minimum absolute atomic E-state index is 0.0351. The number of aryl methyl sites for hydroxylation is 1. The van der Waals surface area contributed by atoms with E-state index in [4.69, 9.17) is 4.74 Å². The monoisotopic (exact) mass is 436 g/mol. The minimum atomic E-state index is -3.74. The van der Waals surface area contributed by atoms with Crippen LogP contribution in [-0.4, -0.2) is 34.1 Å². The molecule has 0 amide bonds. The van der Waals surface area contributed by atoms with Gasteiger partial charge < -0.3 is 4.74 Å². The Morgan fingerprint density at radius 1 is 1.13 bits per heavy atom. The Hall–Kier alpha value is -3.46. The van der Waals surface area contributed by atoms with Crippen LogP contribution in [0.3, 0.4) is 0 Å². The van der Waals surface area contributed by atoms with Gasteiger partial charge in [-0.3, -0.25) is 9.48 Å². The van der Waals surface area contributed by atoms with Gasteiger partial charge in [0.2, 0.25) is 9.84 Å². The molecule has 1 aliphatic rings. The molecule has 5 rings (SSSR count). The van der Waals surface area contributed by atoms with Crippen molar-refractivity contribution in [1.29, 1.82) is 0 Å². The predicted octanol–water partition coefficient (Wildman–Crippen LogP) is 2.33. The Morgan fingerprint density at radius 2 is 1.90 bits per heavy atom. The van der Waals surface area contributed by atoms with Crippen molar-refractivity contribution >= 4 is 20.6 Å². The minimum Gasteiger partial charge on any atom is -0.490 e. The second-order valence-corrected chi connectivity index (χ2v) is 9.69. The van der Waals surface area contributed by atoms with Gasteiger partial charge in [0.25, 0.3) is 5.56 Å². The van der Waals surface area contributed by atoms with Crippen LogP contribution in [-0.2, 0) is 29.9 Å². The smallest absolute Gasteiger partial charge is 0.274 e. The van der Waals surface area contributed by atoms with Gasteiger partial charge in [-0.1, -0.05) is 0 Å². The highest BCUT2D eigenvalue weighted by Crippen LogP contribution is 2.33. The fraction of sp³-hybridized carbons (Fsp3) is 0.227. The molecule has 0 fully saturated rings. The first kappa shape index (κ1) is 19.5. The van der Waals surface area contributed by atoms with Crippen LogP contribution in [0, 0.1) is 0 Å². The summed E-state index contributed by atoms with van der Waals surface area (Å²) in [6.07, 6.45) is 4.02. The summed E-state index contributed by atoms with van der Waals surface area (Å²) in [5.41, 5.74) is 1.30. The van der Waals surface area contributed by atoms with Crippen molar-refractivity contribution in [3.8, 4) is 5.75 Å². The molecule has 4 aromatic rings. The summed E-state index contributed by atoms with van der Waals surface area (Å²) in [6.45, 7) is 2.19. The summed E-state index contributed by atoms with van der Waals surface area (Å²) in [6, 6.07) is 11.2. The maximum atomic E-state index is 13.2. The highest BCUT2D eigenvalue weighted by molar-refractivity contribution is 7.91. The molecule has 2 aromatic heterocycles. The van der Waals surface area contributed by atoms with E-state index in [0.717, 1.165) is 11.3 Å². The van der Waals surface area contributed by atoms with Gasteiger partial charge in [-0.05, 0) is 55.0 Å². The van der Waals surface area contributed by atoms with Gasteiger partial charge in [0, 0.05) is 25.1 Å². The summed E-state index contributed by atoms with van der Waals surface area (Å²) < 4.78 is 35.0. The summed E-state index contributed by atoms with van der Waals surface area (Å²) in [5.74, 6) is 0.725. The lowest BCUT2D eigenvalue weighted by Crippen LogP contribution is -2.23. The van der Waals surface area contributed by atoms with Gasteiger partial charge in [0.15, 0.2) is 0 Å². The van der Waals surface area contributed by atoms with Crippen LogP contribution >= 0.6 is 0 Å². The maximum Gasteiger partial charge on any atom is 0.274 e. The molecule has 3 heterocycles. The zero-order valence-electron chi connectivity index (χ0n) is 17.0. The van der Waals surface area contributed by atoms with Gasteiger partial charge in [0.1, 0.15) is 11.9 Å². The third kappa shape index (κ3) is 3.40. The third-order valence-corrected chi connectivity index (χ3v) is 7.14. The van der Waals surface area contributed by atoms with Crippen molar-refractivity contribution < 1.29 is 13.2 Å². The summed E-state index contributed by atoms with van der Waals surface area (Å²) in [5, 5.41) is 9.35. The van der Waals surface area contributed by atoms with Gasteiger partial charge >= 0.3 is 0 Å². The van der Waals surface area contributed by atoms with Crippen molar-refractivity contribution in [2.45, 2.75) is 35.8 Å². The first-order valence-electron chi connectivity index (χ1n) is 9.84. The molecule has 0 N–H and O–H groups in total. The van der Waals surface area contributed by atoms with Gasteiger partial charge in [-0.25, -0.2) is 13.1 Å². The molecule has 1 aliphatic heterocycles. The van der Waals surface area contributed by atoms with Crippen molar-refractivity contribution in [2.75, 3.05) is 0 Å². The molecule has 0 saturated heterocycles. The third-order valence-electron chi connectivity index (χ3n) is 5.39. The lowest BCUT2D eigenvalue weighted by molar-refractivity contribution is 0.254. The SMILES string of the molecule is C[C@@H]1Cc2cc(S(=O)(=O)c3ccc4c(=O)n(Cc5ccn(C)n5)ncc4c3)ccc2O1. The summed E-state index contributed by atoms with van der Waals surface area (Å²) in [4.78, 5) is 13.2. The van der Waals surface area contributed by atoms with E-state index in [2.05, 4.69) is 10.2 Å². The maximum absolute atomic E-state index is 13.2. The molecule has 0 radical (unpaired) electrons. The number of hydrogen-bond donors (Lipinski definition) is 0. The normalized spacial score (nSPS) is 15.7. The van der Waals surface area contributed by atoms with E-state index in [1.807, 2.05) is 13.0 Å². The lowest BCUT2D eigenvalue weighted by Gasteiger charge is -2.09. The molecular formula is C22H20N4O4S. The van der Waals surface area contributed by atoms with E-state index in [1.165, 1.54) is 23.0 Å². The van der Waals surface area contributed by atoms with Crippen molar-refractivity contribution in [3.05, 3.63) is 76.5 Å². The van der Waals surface area contributed by atoms with Crippen LogP contribution in [0.1, 0.15) is 18.2 Å². The molecule has 0 spiro atoms. The standard InChI is InChI=1S/C22H20N4O4S/c1-14-9-15-10-19(4-6-21(15)30-14)31(28,29)18-3-5-20-16(11-18)12-23-26(22(20)27)13-17-7-8-25(2)24-17/h3-8,10-12,14H,9,13H2,1-2H3/t14-/m1/s1. The Labute approximate surface area is 178 Å². The molecule has 31 heavy (non-hydrogen) atoms. The zero-order chi connectivity index (χ0) is 21.8. The van der Waals surface area contributed by atoms with E-state index >= 15 is 0 Å².